The fourth-order valence-corrected chi connectivity index (χ4v) is 10.5. The summed E-state index contributed by atoms with van der Waals surface area (Å²) in [7, 11) is 1.60. The normalized spacial score (nSPS) is 12.7. The molecule has 164 valence electrons. The van der Waals surface area contributed by atoms with E-state index in [-0.39, 0.29) is 6.79 Å². The van der Waals surface area contributed by atoms with Gasteiger partial charge in [-0.15, -0.1) is 0 Å². The molecule has 32 heavy (non-hydrogen) atoms. The van der Waals surface area contributed by atoms with Crippen molar-refractivity contribution in [2.45, 2.75) is 6.16 Å². The van der Waals surface area contributed by atoms with Gasteiger partial charge in [0.25, 0.3) is 0 Å². The van der Waals surface area contributed by atoms with E-state index in [1.165, 1.54) is 0 Å². The minimum atomic E-state index is -3.46. The van der Waals surface area contributed by atoms with E-state index in [2.05, 4.69) is 72.8 Å². The van der Waals surface area contributed by atoms with Crippen LogP contribution in [-0.4, -0.2) is 13.9 Å². The van der Waals surface area contributed by atoms with Crippen LogP contribution in [0.4, 0.5) is 0 Å². The van der Waals surface area contributed by atoms with E-state index < -0.39 is 5.96 Å². The van der Waals surface area contributed by atoms with Crippen LogP contribution in [0.2, 0.25) is 5.02 Å². The molecule has 4 rings (SSSR count). The van der Waals surface area contributed by atoms with Crippen molar-refractivity contribution in [3.8, 4) is 5.75 Å². The molecule has 5 heteroatoms. The van der Waals surface area contributed by atoms with Gasteiger partial charge in [0.05, 0.1) is 0 Å². The summed E-state index contributed by atoms with van der Waals surface area (Å²) in [6, 6.07) is 36.9. The van der Waals surface area contributed by atoms with Crippen molar-refractivity contribution in [2.75, 3.05) is 13.9 Å². The average molecular weight is 483 g/mol. The van der Waals surface area contributed by atoms with Crippen LogP contribution < -0.4 is 20.7 Å². The van der Waals surface area contributed by atoms with Crippen LogP contribution in [0.25, 0.3) is 0 Å². The van der Waals surface area contributed by atoms with Gasteiger partial charge in [0, 0.05) is 0 Å². The monoisotopic (exact) mass is 482 g/mol. The number of methoxy groups -OCH3 is 1. The van der Waals surface area contributed by atoms with Crippen LogP contribution in [0.1, 0.15) is 5.56 Å². The fourth-order valence-electron chi connectivity index (χ4n) is 4.17. The second-order valence-corrected chi connectivity index (χ2v) is 14.6. The van der Waals surface area contributed by atoms with Gasteiger partial charge in [0.1, 0.15) is 0 Å². The van der Waals surface area contributed by atoms with Crippen LogP contribution in [0.15, 0.2) is 109 Å². The first-order chi connectivity index (χ1) is 15.6. The molecule has 0 N–H and O–H groups in total. The second-order valence-electron chi connectivity index (χ2n) is 7.65. The maximum absolute atomic E-state index is 8.17. The molecule has 0 bridgehead atoms. The van der Waals surface area contributed by atoms with Crippen molar-refractivity contribution in [3.63, 3.8) is 0 Å². The summed E-state index contributed by atoms with van der Waals surface area (Å²) in [5.41, 5.74) is 0.982. The van der Waals surface area contributed by atoms with Crippen LogP contribution in [0.5, 0.6) is 5.75 Å². The van der Waals surface area contributed by atoms with Crippen molar-refractivity contribution in [1.82, 2.24) is 0 Å². The minimum absolute atomic E-state index is 0.133. The second kappa shape index (κ2) is 9.65. The summed E-state index contributed by atoms with van der Waals surface area (Å²) >= 11 is 14.5. The Morgan fingerprint density at radius 3 is 1.59 bits per heavy atom. The molecule has 2 nitrogen and oxygen atoms in total. The number of ether oxygens (including phenoxy) is 2. The molecule has 0 aliphatic heterocycles. The Labute approximate surface area is 199 Å². The predicted octanol–water partition coefficient (Wildman–Crippen LogP) is 6.51. The van der Waals surface area contributed by atoms with E-state index in [4.69, 9.17) is 32.3 Å². The molecule has 0 heterocycles. The SMILES string of the molecule is COCOc1cc(Cl)ccc1CP(Cl)(c1ccccc1)(c1ccccc1)c1ccccc1. The fraction of sp³-hybridized carbons (Fsp3) is 0.111. The van der Waals surface area contributed by atoms with Crippen molar-refractivity contribution in [3.05, 3.63) is 120 Å². The van der Waals surface area contributed by atoms with Crippen LogP contribution in [-0.2, 0) is 10.9 Å². The molecule has 0 saturated heterocycles. The predicted molar refractivity (Wildman–Crippen MR) is 139 cm³/mol. The van der Waals surface area contributed by atoms with Gasteiger partial charge < -0.3 is 0 Å². The van der Waals surface area contributed by atoms with E-state index in [1.54, 1.807) is 7.11 Å². The number of halogens is 2. The number of rotatable bonds is 8. The summed E-state index contributed by atoms with van der Waals surface area (Å²) in [6.45, 7) is 0.133. The Balaban J connectivity index is 2.04. The zero-order valence-corrected chi connectivity index (χ0v) is 20.2. The molecule has 0 amide bonds. The third-order valence-corrected chi connectivity index (χ3v) is 13.1. The summed E-state index contributed by atoms with van der Waals surface area (Å²) in [5.74, 6) is -2.79. The average Bonchev–Trinajstić information content (AvgIpc) is 2.86. The van der Waals surface area contributed by atoms with Gasteiger partial charge in [0.2, 0.25) is 0 Å². The third kappa shape index (κ3) is 4.17. The zero-order valence-electron chi connectivity index (χ0n) is 17.8. The van der Waals surface area contributed by atoms with Gasteiger partial charge in [-0.25, -0.2) is 0 Å². The quantitative estimate of drug-likeness (QED) is 0.210. The molecule has 0 unspecified atom stereocenters. The van der Waals surface area contributed by atoms with E-state index in [0.717, 1.165) is 21.5 Å². The van der Waals surface area contributed by atoms with Crippen LogP contribution in [0, 0.1) is 0 Å². The third-order valence-electron chi connectivity index (χ3n) is 5.71. The van der Waals surface area contributed by atoms with E-state index in [1.807, 2.05) is 36.4 Å². The van der Waals surface area contributed by atoms with Gasteiger partial charge in [-0.05, 0) is 0 Å². The molecule has 0 aliphatic rings. The summed E-state index contributed by atoms with van der Waals surface area (Å²) < 4.78 is 11.1. The standard InChI is InChI=1S/C27H25Cl2O2P/c1-30-21-31-27-19-23(28)18-17-22(27)20-32(29,24-11-5-2-6-12-24,25-13-7-3-8-14-25)26-15-9-4-10-16-26/h2-19H,20-21H2,1H3. The summed E-state index contributed by atoms with van der Waals surface area (Å²) in [4.78, 5) is 0. The maximum atomic E-state index is 8.17. The van der Waals surface area contributed by atoms with E-state index >= 15 is 0 Å². The van der Waals surface area contributed by atoms with Crippen molar-refractivity contribution >= 4 is 44.7 Å². The van der Waals surface area contributed by atoms with Crippen molar-refractivity contribution < 1.29 is 9.47 Å². The molecular weight excluding hydrogens is 458 g/mol. The molecule has 0 radical (unpaired) electrons. The Hall–Kier alpha value is -2.35. The van der Waals surface area contributed by atoms with Gasteiger partial charge >= 0.3 is 200 Å². The first kappa shape index (κ1) is 22.8. The van der Waals surface area contributed by atoms with Gasteiger partial charge in [-0.3, -0.25) is 0 Å². The van der Waals surface area contributed by atoms with E-state index in [0.29, 0.717) is 16.9 Å². The molecule has 0 aromatic heterocycles. The molecule has 0 saturated carbocycles. The Kier molecular flexibility index (Phi) is 6.88. The molecule has 4 aromatic rings. The van der Waals surface area contributed by atoms with Gasteiger partial charge in [0.15, 0.2) is 0 Å². The van der Waals surface area contributed by atoms with Crippen LogP contribution >= 0.6 is 28.8 Å². The number of hydrogen-bond donors (Lipinski definition) is 0. The molecule has 4 aromatic carbocycles. The Morgan fingerprint density at radius 2 is 1.16 bits per heavy atom. The molecular formula is C27H25Cl2O2P. The summed E-state index contributed by atoms with van der Waals surface area (Å²) in [5, 5.41) is 3.91. The van der Waals surface area contributed by atoms with Gasteiger partial charge in [-0.1, -0.05) is 0 Å². The molecule has 0 spiro atoms. The van der Waals surface area contributed by atoms with Crippen molar-refractivity contribution in [2.24, 2.45) is 0 Å². The number of benzene rings is 4. The molecule has 0 atom stereocenters. The molecule has 0 aliphatic carbocycles. The Morgan fingerprint density at radius 1 is 0.688 bits per heavy atom. The zero-order chi connectivity index (χ0) is 22.5. The molecule has 0 fully saturated rings. The number of hydrogen-bond acceptors (Lipinski definition) is 2. The first-order valence-corrected chi connectivity index (χ1v) is 14.1. The first-order valence-electron chi connectivity index (χ1n) is 10.4. The van der Waals surface area contributed by atoms with Crippen LogP contribution in [0.3, 0.4) is 0 Å². The van der Waals surface area contributed by atoms with E-state index in [9.17, 15) is 0 Å². The van der Waals surface area contributed by atoms with Crippen molar-refractivity contribution in [1.29, 1.82) is 0 Å². The Bertz CT molecular complexity index is 1070. The summed E-state index contributed by atoms with van der Waals surface area (Å²) in [6.07, 6.45) is 0.571. The van der Waals surface area contributed by atoms with Gasteiger partial charge in [-0.2, -0.15) is 0 Å². The topological polar surface area (TPSA) is 18.5 Å².